The molecule has 0 spiro atoms. The number of likely N-dealkylation sites (tertiary alicyclic amines) is 1. The second-order valence-electron chi connectivity index (χ2n) is 5.32. The van der Waals surface area contributed by atoms with Crippen molar-refractivity contribution in [3.05, 3.63) is 0 Å². The molecule has 1 fully saturated rings. The van der Waals surface area contributed by atoms with Gasteiger partial charge in [0.15, 0.2) is 0 Å². The predicted octanol–water partition coefficient (Wildman–Crippen LogP) is 0.642. The van der Waals surface area contributed by atoms with Gasteiger partial charge in [-0.2, -0.15) is 0 Å². The maximum absolute atomic E-state index is 11.9. The number of nitrogens with one attached hydrogen (secondary N) is 1. The highest BCUT2D eigenvalue weighted by molar-refractivity contribution is 5.81. The summed E-state index contributed by atoms with van der Waals surface area (Å²) in [4.78, 5) is 25.4. The fourth-order valence-corrected chi connectivity index (χ4v) is 2.12. The van der Waals surface area contributed by atoms with Crippen LogP contribution in [0.15, 0.2) is 0 Å². The molecule has 1 aliphatic rings. The summed E-state index contributed by atoms with van der Waals surface area (Å²) < 4.78 is 4.74. The number of nitrogens with zero attached hydrogens (tertiary/aromatic N) is 1. The predicted molar refractivity (Wildman–Crippen MR) is 69.0 cm³/mol. The van der Waals surface area contributed by atoms with Crippen LogP contribution >= 0.6 is 0 Å². The second-order valence-corrected chi connectivity index (χ2v) is 5.32. The number of carbonyl (C=O) groups is 2. The Morgan fingerprint density at radius 3 is 2.61 bits per heavy atom. The van der Waals surface area contributed by atoms with Gasteiger partial charge >= 0.3 is 5.97 Å². The first-order valence-corrected chi connectivity index (χ1v) is 6.55. The van der Waals surface area contributed by atoms with Crippen LogP contribution in [0.2, 0.25) is 0 Å². The van der Waals surface area contributed by atoms with Gasteiger partial charge in [0.25, 0.3) is 0 Å². The van der Waals surface area contributed by atoms with Crippen molar-refractivity contribution in [3.63, 3.8) is 0 Å². The largest absolute Gasteiger partial charge is 0.469 e. The molecule has 2 atom stereocenters. The Morgan fingerprint density at radius 2 is 2.06 bits per heavy atom. The quantitative estimate of drug-likeness (QED) is 0.733. The third kappa shape index (κ3) is 3.98. The maximum atomic E-state index is 11.9. The lowest BCUT2D eigenvalue weighted by Crippen LogP contribution is -2.45. The Labute approximate surface area is 109 Å². The van der Waals surface area contributed by atoms with Crippen molar-refractivity contribution < 1.29 is 14.3 Å². The van der Waals surface area contributed by atoms with E-state index < -0.39 is 0 Å². The van der Waals surface area contributed by atoms with Gasteiger partial charge in [-0.1, -0.05) is 13.8 Å². The first kappa shape index (κ1) is 15.0. The van der Waals surface area contributed by atoms with Crippen LogP contribution in [0.3, 0.4) is 0 Å². The smallest absolute Gasteiger partial charge is 0.310 e. The zero-order chi connectivity index (χ0) is 13.7. The summed E-state index contributed by atoms with van der Waals surface area (Å²) in [6.45, 7) is 8.09. The number of amides is 1. The molecule has 1 saturated heterocycles. The van der Waals surface area contributed by atoms with Gasteiger partial charge in [-0.3, -0.25) is 14.5 Å². The van der Waals surface area contributed by atoms with Crippen molar-refractivity contribution in [1.29, 1.82) is 0 Å². The van der Waals surface area contributed by atoms with Crippen molar-refractivity contribution in [2.75, 3.05) is 26.7 Å². The first-order chi connectivity index (χ1) is 8.45. The highest BCUT2D eigenvalue weighted by Crippen LogP contribution is 2.19. The number of rotatable bonds is 5. The first-order valence-electron chi connectivity index (χ1n) is 6.55. The van der Waals surface area contributed by atoms with Gasteiger partial charge in [0.2, 0.25) is 5.91 Å². The minimum atomic E-state index is -0.182. The SMILES string of the molecule is COC(=O)C1CCN(C(C)C(=O)NCC(C)C)C1. The van der Waals surface area contributed by atoms with Crippen LogP contribution < -0.4 is 5.32 Å². The van der Waals surface area contributed by atoms with Gasteiger partial charge in [-0.25, -0.2) is 0 Å². The zero-order valence-electron chi connectivity index (χ0n) is 11.7. The molecule has 0 bridgehead atoms. The monoisotopic (exact) mass is 256 g/mol. The molecule has 1 N–H and O–H groups in total. The number of methoxy groups -OCH3 is 1. The molecule has 1 amide bonds. The van der Waals surface area contributed by atoms with Crippen LogP contribution in [-0.2, 0) is 14.3 Å². The molecule has 1 heterocycles. The summed E-state index contributed by atoms with van der Waals surface area (Å²) in [6, 6.07) is -0.182. The number of esters is 1. The molecule has 0 aromatic heterocycles. The lowest BCUT2D eigenvalue weighted by atomic mass is 10.1. The average Bonchev–Trinajstić information content (AvgIpc) is 2.83. The molecule has 0 aromatic rings. The van der Waals surface area contributed by atoms with E-state index >= 15 is 0 Å². The van der Waals surface area contributed by atoms with Crippen LogP contribution in [0.1, 0.15) is 27.2 Å². The third-order valence-corrected chi connectivity index (χ3v) is 3.37. The van der Waals surface area contributed by atoms with Gasteiger partial charge in [0.1, 0.15) is 0 Å². The normalized spacial score (nSPS) is 21.9. The van der Waals surface area contributed by atoms with E-state index in [1.54, 1.807) is 0 Å². The van der Waals surface area contributed by atoms with Crippen LogP contribution in [0, 0.1) is 11.8 Å². The highest BCUT2D eigenvalue weighted by Gasteiger charge is 2.33. The molecule has 18 heavy (non-hydrogen) atoms. The Kier molecular flexibility index (Phi) is 5.59. The van der Waals surface area contributed by atoms with Crippen molar-refractivity contribution >= 4 is 11.9 Å². The summed E-state index contributed by atoms with van der Waals surface area (Å²) in [5.41, 5.74) is 0. The summed E-state index contributed by atoms with van der Waals surface area (Å²) >= 11 is 0. The minimum absolute atomic E-state index is 0.0363. The van der Waals surface area contributed by atoms with E-state index in [-0.39, 0.29) is 23.8 Å². The molecule has 0 saturated carbocycles. The Balaban J connectivity index is 2.41. The van der Waals surface area contributed by atoms with Gasteiger partial charge in [0, 0.05) is 13.1 Å². The molecular formula is C13H24N2O3. The third-order valence-electron chi connectivity index (χ3n) is 3.37. The van der Waals surface area contributed by atoms with Crippen molar-refractivity contribution in [1.82, 2.24) is 10.2 Å². The van der Waals surface area contributed by atoms with E-state index in [4.69, 9.17) is 4.74 Å². The van der Waals surface area contributed by atoms with E-state index in [0.717, 1.165) is 13.0 Å². The molecule has 0 radical (unpaired) electrons. The van der Waals surface area contributed by atoms with Crippen LogP contribution in [0.5, 0.6) is 0 Å². The molecule has 0 aliphatic carbocycles. The van der Waals surface area contributed by atoms with E-state index in [1.165, 1.54) is 7.11 Å². The van der Waals surface area contributed by atoms with Gasteiger partial charge in [-0.15, -0.1) is 0 Å². The second kappa shape index (κ2) is 6.73. The zero-order valence-corrected chi connectivity index (χ0v) is 11.7. The summed E-state index contributed by atoms with van der Waals surface area (Å²) in [5, 5.41) is 2.92. The number of ether oxygens (including phenoxy) is 1. The van der Waals surface area contributed by atoms with Crippen molar-refractivity contribution in [3.8, 4) is 0 Å². The molecule has 0 aromatic carbocycles. The van der Waals surface area contributed by atoms with Gasteiger partial charge < -0.3 is 10.1 Å². The summed E-state index contributed by atoms with van der Waals surface area (Å²) in [7, 11) is 1.41. The number of hydrogen-bond acceptors (Lipinski definition) is 4. The molecule has 2 unspecified atom stereocenters. The summed E-state index contributed by atoms with van der Waals surface area (Å²) in [6.07, 6.45) is 0.772. The van der Waals surface area contributed by atoms with E-state index in [2.05, 4.69) is 19.2 Å². The number of carbonyl (C=O) groups excluding carboxylic acids is 2. The van der Waals surface area contributed by atoms with Crippen molar-refractivity contribution in [2.45, 2.75) is 33.2 Å². The molecule has 5 heteroatoms. The average molecular weight is 256 g/mol. The van der Waals surface area contributed by atoms with Crippen LogP contribution in [0.25, 0.3) is 0 Å². The summed E-state index contributed by atoms with van der Waals surface area (Å²) in [5.74, 6) is 0.222. The van der Waals surface area contributed by atoms with Crippen LogP contribution in [-0.4, -0.2) is 49.6 Å². The Bertz CT molecular complexity index is 305. The lowest BCUT2D eigenvalue weighted by Gasteiger charge is -2.23. The van der Waals surface area contributed by atoms with Gasteiger partial charge in [-0.05, 0) is 25.8 Å². The number of hydrogen-bond donors (Lipinski definition) is 1. The van der Waals surface area contributed by atoms with Crippen molar-refractivity contribution in [2.24, 2.45) is 11.8 Å². The molecule has 1 aliphatic heterocycles. The minimum Gasteiger partial charge on any atom is -0.469 e. The topological polar surface area (TPSA) is 58.6 Å². The van der Waals surface area contributed by atoms with E-state index in [0.29, 0.717) is 19.0 Å². The standard InChI is InChI=1S/C13H24N2O3/c1-9(2)7-14-12(16)10(3)15-6-5-11(8-15)13(17)18-4/h9-11H,5-8H2,1-4H3,(H,14,16). The molecule has 5 nitrogen and oxygen atoms in total. The fourth-order valence-electron chi connectivity index (χ4n) is 2.12. The Morgan fingerprint density at radius 1 is 1.39 bits per heavy atom. The fraction of sp³-hybridized carbons (Fsp3) is 0.846. The van der Waals surface area contributed by atoms with E-state index in [1.807, 2.05) is 11.8 Å². The Hall–Kier alpha value is -1.10. The molecule has 1 rings (SSSR count). The molecule has 104 valence electrons. The highest BCUT2D eigenvalue weighted by atomic mass is 16.5. The molecular weight excluding hydrogens is 232 g/mol. The van der Waals surface area contributed by atoms with E-state index in [9.17, 15) is 9.59 Å². The van der Waals surface area contributed by atoms with Crippen LogP contribution in [0.4, 0.5) is 0 Å². The lowest BCUT2D eigenvalue weighted by molar-refractivity contribution is -0.145. The maximum Gasteiger partial charge on any atom is 0.310 e. The van der Waals surface area contributed by atoms with Gasteiger partial charge in [0.05, 0.1) is 19.1 Å².